The van der Waals surface area contributed by atoms with Gasteiger partial charge < -0.3 is 181 Å². The van der Waals surface area contributed by atoms with Crippen LogP contribution in [0.2, 0.25) is 0 Å². The van der Waals surface area contributed by atoms with Gasteiger partial charge in [-0.25, -0.2) is 0 Å². The van der Waals surface area contributed by atoms with Crippen LogP contribution in [-0.4, -0.2) is 87.9 Å². The van der Waals surface area contributed by atoms with Gasteiger partial charge in [0.05, 0.1) is 0 Å². The molecule has 0 aromatic carbocycles. The van der Waals surface area contributed by atoms with Gasteiger partial charge in [0.25, 0.3) is 0 Å². The molecule has 0 fully saturated rings. The molecule has 0 aromatic rings. The van der Waals surface area contributed by atoms with E-state index >= 15 is 0 Å². The summed E-state index contributed by atoms with van der Waals surface area (Å²) in [5, 5.41) is 303. The van der Waals surface area contributed by atoms with Crippen molar-refractivity contribution in [3.8, 4) is 0 Å². The van der Waals surface area contributed by atoms with E-state index in [1.165, 1.54) is 0 Å². The summed E-state index contributed by atoms with van der Waals surface area (Å²) in [5.74, 6) is 0. The maximum atomic E-state index is 8.42. The summed E-state index contributed by atoms with van der Waals surface area (Å²) in [6, 6.07) is 0. The van der Waals surface area contributed by atoms with Crippen LogP contribution < -0.4 is 181 Å². The van der Waals surface area contributed by atoms with Crippen LogP contribution in [0.3, 0.4) is 0 Å². The first-order chi connectivity index (χ1) is 20.8. The van der Waals surface area contributed by atoms with Crippen molar-refractivity contribution in [2.24, 2.45) is 0 Å². The smallest absolute Gasteiger partial charge is 0.197 e. The summed E-state index contributed by atoms with van der Waals surface area (Å²) in [6.07, 6.45) is 0. The zero-order valence-electron chi connectivity index (χ0n) is 22.1. The van der Waals surface area contributed by atoms with Crippen LogP contribution in [-0.2, 0) is 0 Å². The Labute approximate surface area is 282 Å². The van der Waals surface area contributed by atoms with Crippen LogP contribution in [0.4, 0.5) is 0 Å². The number of hydrogen-bond acceptors (Lipinski definition) is 36. The van der Waals surface area contributed by atoms with Gasteiger partial charge in [0.1, 0.15) is 0 Å². The molecule has 0 spiro atoms. The predicted octanol–water partition coefficient (Wildman–Crippen LogP) is -47.3. The Hall–Kier alpha value is -0.311. The quantitative estimate of drug-likeness (QED) is 0.208. The molecule has 49 heavy (non-hydrogen) atoms. The Morgan fingerprint density at radius 3 is 0.102 bits per heavy atom. The minimum atomic E-state index is -2.92. The largest absolute Gasteiger partial charge is 0.907 e. The Morgan fingerprint density at radius 1 is 0.102 bits per heavy atom. The lowest BCUT2D eigenvalue weighted by Crippen LogP contribution is -2.56. The predicted molar refractivity (Wildman–Crippen MR) is 79.4 cm³/mol. The highest BCUT2D eigenvalue weighted by molar-refractivity contribution is 7.59. The Morgan fingerprint density at radius 2 is 0.102 bits per heavy atom. The molecule has 36 nitrogen and oxygen atoms in total. The standard InChI is InChI=1S/12BO3.H2S/c12*2-1(3)4;/h;;;;;;;;;;;;1H2/q12*-3;. The second-order valence-corrected chi connectivity index (χ2v) is 3.46. The summed E-state index contributed by atoms with van der Waals surface area (Å²) in [5.41, 5.74) is 0. The van der Waals surface area contributed by atoms with Gasteiger partial charge in [-0.3, -0.25) is 87.9 Å². The maximum absolute atomic E-state index is 8.42. The van der Waals surface area contributed by atoms with E-state index in [-0.39, 0.29) is 13.5 Å². The lowest BCUT2D eigenvalue weighted by molar-refractivity contribution is -0.481. The van der Waals surface area contributed by atoms with Crippen molar-refractivity contribution in [2.75, 3.05) is 0 Å². The molecule has 0 aliphatic rings. The SMILES string of the molecule is S.[O-]B([O-])[O-].[O-]B([O-])[O-].[O-]B([O-])[O-].[O-]B([O-])[O-].[O-]B([O-])[O-].[O-]B([O-])[O-].[O-]B([O-])[O-].[O-]B([O-])[O-].[O-]B([O-])[O-].[O-]B([O-])[O-].[O-]B([O-])[O-].[O-]B([O-])[O-]. The third-order valence-corrected chi connectivity index (χ3v) is 0. The molecule has 0 saturated heterocycles. The molecule has 0 radical (unpaired) electrons. The molecule has 0 aliphatic carbocycles. The van der Waals surface area contributed by atoms with Gasteiger partial charge >= 0.3 is 0 Å². The highest BCUT2D eigenvalue weighted by Crippen LogP contribution is 1.03. The summed E-state index contributed by atoms with van der Waals surface area (Å²) in [6.45, 7) is 0. The lowest BCUT2D eigenvalue weighted by Gasteiger charge is -2.35. The summed E-state index contributed by atoms with van der Waals surface area (Å²) < 4.78 is 0. The fraction of sp³-hybridized carbons (Fsp3) is 0. The molecule has 0 amide bonds. The zero-order chi connectivity index (χ0) is 42.9. The third kappa shape index (κ3) is 1030000. The first kappa shape index (κ1) is 86.9. The van der Waals surface area contributed by atoms with Crippen LogP contribution in [0.1, 0.15) is 0 Å². The Balaban J connectivity index is -0.0000000262. The first-order valence-corrected chi connectivity index (χ1v) is 8.49. The van der Waals surface area contributed by atoms with Crippen molar-refractivity contribution in [2.45, 2.75) is 0 Å². The molecule has 0 aromatic heterocycles. The first-order valence-electron chi connectivity index (χ1n) is 8.49. The molecular weight excluding hydrogens is 738 g/mol. The molecule has 0 saturated carbocycles. The Bertz CT molecular complexity index is 232. The van der Waals surface area contributed by atoms with Crippen molar-refractivity contribution in [3.63, 3.8) is 0 Å². The summed E-state index contributed by atoms with van der Waals surface area (Å²) in [7, 11) is -35.0. The Kier molecular flexibility index (Phi) is 145. The van der Waals surface area contributed by atoms with Crippen LogP contribution in [0, 0.1) is 0 Å². The van der Waals surface area contributed by atoms with E-state index in [0.717, 1.165) is 0 Å². The molecule has 0 atom stereocenters. The van der Waals surface area contributed by atoms with Gasteiger partial charge in [-0.05, 0) is 0 Å². The van der Waals surface area contributed by atoms with Gasteiger partial charge in [-0.1, -0.05) is 0 Å². The number of hydrogen-bond donors (Lipinski definition) is 0. The second-order valence-electron chi connectivity index (χ2n) is 3.46. The van der Waals surface area contributed by atoms with Crippen LogP contribution >= 0.6 is 13.5 Å². The van der Waals surface area contributed by atoms with Crippen molar-refractivity contribution in [1.29, 1.82) is 0 Å². The second kappa shape index (κ2) is 81.6. The third-order valence-electron chi connectivity index (χ3n) is 0. The van der Waals surface area contributed by atoms with Crippen molar-refractivity contribution in [1.82, 2.24) is 0 Å². The van der Waals surface area contributed by atoms with Crippen molar-refractivity contribution in [3.05, 3.63) is 0 Å². The highest BCUT2D eigenvalue weighted by Gasteiger charge is 1.21. The summed E-state index contributed by atoms with van der Waals surface area (Å²) >= 11 is 0. The molecular formula is H2B12O36S-36. The van der Waals surface area contributed by atoms with E-state index in [0.29, 0.717) is 0 Å². The monoisotopic (exact) mass is 742 g/mol. The van der Waals surface area contributed by atoms with Gasteiger partial charge in [0.15, 0.2) is 0 Å². The van der Waals surface area contributed by atoms with Crippen molar-refractivity contribution >= 4 is 101 Å². The zero-order valence-corrected chi connectivity index (χ0v) is 23.1. The average Bonchev–Trinajstić information content (AvgIpc) is 2.61. The normalized spacial score (nSPS) is 6.61. The fourth-order valence-corrected chi connectivity index (χ4v) is 0. The molecule has 0 bridgehead atoms. The fourth-order valence-electron chi connectivity index (χ4n) is 0. The molecule has 0 N–H and O–H groups in total. The van der Waals surface area contributed by atoms with Crippen LogP contribution in [0.15, 0.2) is 0 Å². The van der Waals surface area contributed by atoms with E-state index in [1.54, 1.807) is 0 Å². The van der Waals surface area contributed by atoms with Gasteiger partial charge in [-0.2, -0.15) is 13.5 Å². The molecule has 49 heteroatoms. The lowest BCUT2D eigenvalue weighted by atomic mass is 10.3. The minimum Gasteiger partial charge on any atom is -0.907 e. The molecule has 0 heterocycles. The molecule has 296 valence electrons. The van der Waals surface area contributed by atoms with E-state index in [2.05, 4.69) is 0 Å². The highest BCUT2D eigenvalue weighted by atomic mass is 32.1. The van der Waals surface area contributed by atoms with E-state index in [9.17, 15) is 0 Å². The topological polar surface area (TPSA) is 830 Å². The van der Waals surface area contributed by atoms with E-state index < -0.39 is 87.9 Å². The number of rotatable bonds is 0. The van der Waals surface area contributed by atoms with E-state index in [4.69, 9.17) is 181 Å². The van der Waals surface area contributed by atoms with Gasteiger partial charge in [0, 0.05) is 0 Å². The molecule has 0 rings (SSSR count). The molecule has 0 unspecified atom stereocenters. The minimum absolute atomic E-state index is 0. The van der Waals surface area contributed by atoms with Crippen LogP contribution in [0.25, 0.3) is 0 Å². The molecule has 0 aliphatic heterocycles. The van der Waals surface area contributed by atoms with Crippen LogP contribution in [0.5, 0.6) is 0 Å². The maximum Gasteiger partial charge on any atom is -0.197 e. The van der Waals surface area contributed by atoms with Crippen molar-refractivity contribution < 1.29 is 181 Å². The summed E-state index contributed by atoms with van der Waals surface area (Å²) in [4.78, 5) is 0. The average molecular weight is 740 g/mol. The van der Waals surface area contributed by atoms with Gasteiger partial charge in [0.2, 0.25) is 0 Å². The van der Waals surface area contributed by atoms with Gasteiger partial charge in [-0.15, -0.1) is 0 Å². The van der Waals surface area contributed by atoms with E-state index in [1.807, 2.05) is 0 Å².